The van der Waals surface area contributed by atoms with Gasteiger partial charge in [-0.1, -0.05) is 67.6 Å². The third kappa shape index (κ3) is 4.61. The lowest BCUT2D eigenvalue weighted by Crippen LogP contribution is -2.46. The van der Waals surface area contributed by atoms with Crippen LogP contribution < -0.4 is 14.7 Å². The summed E-state index contributed by atoms with van der Waals surface area (Å²) in [6, 6.07) is 36.6. The molecule has 2 N–H and O–H groups in total. The van der Waals surface area contributed by atoms with Gasteiger partial charge in [-0.3, -0.25) is 24.2 Å². The minimum Gasteiger partial charge on any atom is -0.396 e. The number of aliphatic hydroxyl groups excluding tert-OH is 1. The van der Waals surface area contributed by atoms with Crippen LogP contribution in [-0.2, 0) is 21.7 Å². The van der Waals surface area contributed by atoms with Crippen LogP contribution in [0.5, 0.6) is 0 Å². The maximum Gasteiger partial charge on any atom is 0.264 e. The Balaban J connectivity index is 1.05. The van der Waals surface area contributed by atoms with Gasteiger partial charge in [0.25, 0.3) is 17.7 Å². The summed E-state index contributed by atoms with van der Waals surface area (Å²) in [5.41, 5.74) is 3.67. The van der Waals surface area contributed by atoms with Gasteiger partial charge in [0.05, 0.1) is 46.4 Å². The molecule has 0 bridgehead atoms. The van der Waals surface area contributed by atoms with Crippen molar-refractivity contribution in [2.24, 2.45) is 11.8 Å². The molecule has 0 unspecified atom stereocenters. The van der Waals surface area contributed by atoms with Crippen molar-refractivity contribution < 1.29 is 29.3 Å². The van der Waals surface area contributed by atoms with E-state index >= 15 is 4.79 Å². The van der Waals surface area contributed by atoms with Crippen molar-refractivity contribution in [3.8, 4) is 0 Å². The smallest absolute Gasteiger partial charge is 0.264 e. The summed E-state index contributed by atoms with van der Waals surface area (Å²) in [5, 5.41) is 25.4. The first kappa shape index (κ1) is 33.7. The quantitative estimate of drug-likeness (QED) is 0.172. The molecule has 274 valence electrons. The summed E-state index contributed by atoms with van der Waals surface area (Å²) in [5.74, 6) is -1.45. The van der Waals surface area contributed by atoms with Crippen LogP contribution in [0.1, 0.15) is 59.0 Å². The molecule has 10 rings (SSSR count). The van der Waals surface area contributed by atoms with E-state index in [2.05, 4.69) is 0 Å². The van der Waals surface area contributed by atoms with E-state index in [1.165, 1.54) is 0 Å². The van der Waals surface area contributed by atoms with Gasteiger partial charge in [0.1, 0.15) is 0 Å². The van der Waals surface area contributed by atoms with Crippen LogP contribution in [0, 0.1) is 11.8 Å². The monoisotopic (exact) mass is 729 g/mol. The van der Waals surface area contributed by atoms with Crippen molar-refractivity contribution in [2.75, 3.05) is 21.3 Å². The molecule has 0 saturated carbocycles. The number of anilines is 5. The van der Waals surface area contributed by atoms with Gasteiger partial charge in [0.2, 0.25) is 0 Å². The van der Waals surface area contributed by atoms with Crippen molar-refractivity contribution in [1.82, 2.24) is 0 Å². The summed E-state index contributed by atoms with van der Waals surface area (Å²) < 4.78 is 6.87. The Morgan fingerprint density at radius 3 is 1.82 bits per heavy atom. The molecule has 6 aromatic carbocycles. The van der Waals surface area contributed by atoms with Crippen molar-refractivity contribution in [2.45, 2.75) is 51.0 Å². The molecule has 1 fully saturated rings. The first-order valence-electron chi connectivity index (χ1n) is 18.8. The van der Waals surface area contributed by atoms with Crippen molar-refractivity contribution >= 4 is 67.7 Å². The van der Waals surface area contributed by atoms with Crippen LogP contribution in [-0.4, -0.2) is 46.2 Å². The van der Waals surface area contributed by atoms with Gasteiger partial charge in [0.15, 0.2) is 5.60 Å². The average Bonchev–Trinajstić information content (AvgIpc) is 3.82. The van der Waals surface area contributed by atoms with Gasteiger partial charge < -0.3 is 19.8 Å². The Labute approximate surface area is 318 Å². The fourth-order valence-corrected chi connectivity index (χ4v) is 10.0. The number of nitrogens with zero attached hydrogens (tertiary/aromatic N) is 3. The Hall–Kier alpha value is -5.87. The number of rotatable bonds is 7. The molecule has 9 nitrogen and oxygen atoms in total. The number of hydrogen-bond donors (Lipinski definition) is 2. The second kappa shape index (κ2) is 11.8. The van der Waals surface area contributed by atoms with E-state index in [0.29, 0.717) is 28.1 Å². The van der Waals surface area contributed by atoms with Crippen molar-refractivity contribution in [3.63, 3.8) is 0 Å². The zero-order chi connectivity index (χ0) is 38.0. The Morgan fingerprint density at radius 1 is 0.709 bits per heavy atom. The highest BCUT2D eigenvalue weighted by atomic mass is 16.5. The number of benzene rings is 6. The molecule has 6 aromatic rings. The molecule has 4 aliphatic heterocycles. The van der Waals surface area contributed by atoms with Gasteiger partial charge in [-0.05, 0) is 91.2 Å². The van der Waals surface area contributed by atoms with Gasteiger partial charge in [-0.25, -0.2) is 0 Å². The van der Waals surface area contributed by atoms with Gasteiger partial charge in [-0.2, -0.15) is 0 Å². The molecule has 0 aromatic heterocycles. The van der Waals surface area contributed by atoms with E-state index in [4.69, 9.17) is 4.74 Å². The number of amides is 3. The molecule has 55 heavy (non-hydrogen) atoms. The average molecular weight is 730 g/mol. The lowest BCUT2D eigenvalue weighted by molar-refractivity contribution is -0.146. The summed E-state index contributed by atoms with van der Waals surface area (Å²) in [6.45, 7) is 5.44. The number of ether oxygens (including phenoxy) is 1. The zero-order valence-corrected chi connectivity index (χ0v) is 30.7. The molecule has 1 saturated heterocycles. The first-order chi connectivity index (χ1) is 26.5. The molecule has 9 heteroatoms. The van der Waals surface area contributed by atoms with Crippen LogP contribution in [0.15, 0.2) is 115 Å². The maximum absolute atomic E-state index is 15.1. The summed E-state index contributed by atoms with van der Waals surface area (Å²) >= 11 is 0. The molecule has 0 radical (unpaired) electrons. The molecule has 4 heterocycles. The third-order valence-corrected chi connectivity index (χ3v) is 12.3. The minimum absolute atomic E-state index is 0.0806. The number of fused-ring (bicyclic) bond motifs is 2. The van der Waals surface area contributed by atoms with E-state index in [9.17, 15) is 19.8 Å². The standard InChI is InChI=1S/C46H39N3O6/c1-26-41(45(2,3)54)38(22-23-50)55-46(26)34-24-31(49-37-15-7-11-29-9-5-13-33(40(29)37)43(49)52)20-21-35(34)47(44(46)53)25-27-16-18-30(19-17-27)48-36-14-6-10-28-8-4-12-32(39(28)36)42(48)51/h4-21,24,26,38,41,50,54H,22-23,25H2,1-3H3/t26-,38+,41-,46+/m0/s1. The SMILES string of the molecule is C[C@H]1[C@H](C(C)(C)O)[C@@H](CCO)O[C@]12C(=O)N(Cc1ccc(N3C(=O)c4cccc5cccc3c45)cc1)c1ccc(N3C(=O)c4cccc5cccc3c45)cc12. The highest BCUT2D eigenvalue weighted by molar-refractivity contribution is 6.29. The van der Waals surface area contributed by atoms with E-state index in [0.717, 1.165) is 44.2 Å². The van der Waals surface area contributed by atoms with Crippen molar-refractivity contribution in [3.05, 3.63) is 138 Å². The second-order valence-corrected chi connectivity index (χ2v) is 15.8. The molecular weight excluding hydrogens is 691 g/mol. The predicted molar refractivity (Wildman–Crippen MR) is 212 cm³/mol. The van der Waals surface area contributed by atoms with Gasteiger partial charge in [-0.15, -0.1) is 0 Å². The van der Waals surface area contributed by atoms with Gasteiger partial charge >= 0.3 is 0 Å². The molecule has 4 atom stereocenters. The fourth-order valence-electron chi connectivity index (χ4n) is 10.0. The Bertz CT molecular complexity index is 2620. The normalized spacial score (nSPS) is 22.7. The van der Waals surface area contributed by atoms with Crippen LogP contribution >= 0.6 is 0 Å². The highest BCUT2D eigenvalue weighted by Gasteiger charge is 2.65. The van der Waals surface area contributed by atoms with Crippen LogP contribution in [0.3, 0.4) is 0 Å². The number of carbonyl (C=O) groups is 3. The molecule has 0 aliphatic carbocycles. The van der Waals surface area contributed by atoms with E-state index in [1.807, 2.05) is 122 Å². The lowest BCUT2D eigenvalue weighted by atomic mass is 9.71. The van der Waals surface area contributed by atoms with Crippen LogP contribution in [0.4, 0.5) is 28.4 Å². The number of aliphatic hydroxyl groups is 2. The number of hydrogen-bond acceptors (Lipinski definition) is 6. The molecule has 4 aliphatic rings. The van der Waals surface area contributed by atoms with E-state index < -0.39 is 29.1 Å². The largest absolute Gasteiger partial charge is 0.396 e. The topological polar surface area (TPSA) is 111 Å². The van der Waals surface area contributed by atoms with E-state index in [1.54, 1.807) is 28.5 Å². The Morgan fingerprint density at radius 2 is 1.25 bits per heavy atom. The fraction of sp³-hybridized carbons (Fsp3) is 0.239. The Kier molecular flexibility index (Phi) is 7.23. The summed E-state index contributed by atoms with van der Waals surface area (Å²) in [6.07, 6.45) is -0.350. The molecular formula is C46H39N3O6. The zero-order valence-electron chi connectivity index (χ0n) is 30.7. The highest BCUT2D eigenvalue weighted by Crippen LogP contribution is 2.59. The van der Waals surface area contributed by atoms with Crippen LogP contribution in [0.25, 0.3) is 21.5 Å². The molecule has 3 amide bonds. The maximum atomic E-state index is 15.1. The predicted octanol–water partition coefficient (Wildman–Crippen LogP) is 8.12. The summed E-state index contributed by atoms with van der Waals surface area (Å²) in [4.78, 5) is 48.0. The summed E-state index contributed by atoms with van der Waals surface area (Å²) in [7, 11) is 0. The van der Waals surface area contributed by atoms with E-state index in [-0.39, 0.29) is 37.3 Å². The number of carbonyl (C=O) groups excluding carboxylic acids is 3. The van der Waals surface area contributed by atoms with Gasteiger partial charge in [0, 0.05) is 46.2 Å². The second-order valence-electron chi connectivity index (χ2n) is 15.8. The van der Waals surface area contributed by atoms with Crippen LogP contribution in [0.2, 0.25) is 0 Å². The molecule has 1 spiro atoms. The first-order valence-corrected chi connectivity index (χ1v) is 18.8. The lowest BCUT2D eigenvalue weighted by Gasteiger charge is -2.34. The van der Waals surface area contributed by atoms with Crippen molar-refractivity contribution in [1.29, 1.82) is 0 Å². The third-order valence-electron chi connectivity index (χ3n) is 12.3. The minimum atomic E-state index is -1.48.